The monoisotopic (exact) mass is 423 g/mol. The maximum Gasteiger partial charge on any atom is 0.251 e. The first-order chi connectivity index (χ1) is 15.0. The third kappa shape index (κ3) is 6.84. The number of rotatable bonds is 8. The maximum atomic E-state index is 12.4. The summed E-state index contributed by atoms with van der Waals surface area (Å²) in [6.07, 6.45) is 5.19. The normalized spacial score (nSPS) is 13.8. The van der Waals surface area contributed by atoms with Gasteiger partial charge in [0, 0.05) is 23.7 Å². The number of amides is 3. The molecule has 31 heavy (non-hydrogen) atoms. The molecule has 0 saturated heterocycles. The molecule has 7 heteroatoms. The zero-order chi connectivity index (χ0) is 22.1. The van der Waals surface area contributed by atoms with Gasteiger partial charge < -0.3 is 20.7 Å². The molecule has 0 aromatic heterocycles. The Bertz CT molecular complexity index is 905. The number of hydrogen-bond acceptors (Lipinski definition) is 4. The van der Waals surface area contributed by atoms with Gasteiger partial charge in [-0.05, 0) is 48.7 Å². The van der Waals surface area contributed by atoms with Crippen molar-refractivity contribution in [2.45, 2.75) is 38.6 Å². The number of nitrogens with one attached hydrogen (secondary N) is 3. The van der Waals surface area contributed by atoms with E-state index >= 15 is 0 Å². The average molecular weight is 424 g/mol. The largest absolute Gasteiger partial charge is 0.497 e. The van der Waals surface area contributed by atoms with Crippen molar-refractivity contribution < 1.29 is 19.1 Å². The van der Waals surface area contributed by atoms with E-state index in [1.54, 1.807) is 31.4 Å². The summed E-state index contributed by atoms with van der Waals surface area (Å²) in [5.74, 6) is 0.148. The highest BCUT2D eigenvalue weighted by atomic mass is 16.5. The summed E-state index contributed by atoms with van der Waals surface area (Å²) in [6.45, 7) is 0.231. The Morgan fingerprint density at radius 3 is 2.42 bits per heavy atom. The summed E-state index contributed by atoms with van der Waals surface area (Å²) in [5, 5.41) is 8.29. The van der Waals surface area contributed by atoms with E-state index < -0.39 is 0 Å². The molecule has 0 radical (unpaired) electrons. The average Bonchev–Trinajstić information content (AvgIpc) is 2.82. The molecule has 3 rings (SSSR count). The molecule has 0 bridgehead atoms. The van der Waals surface area contributed by atoms with Crippen LogP contribution in [-0.2, 0) is 16.1 Å². The number of benzene rings is 2. The van der Waals surface area contributed by atoms with Gasteiger partial charge in [-0.3, -0.25) is 14.4 Å². The molecule has 0 heterocycles. The molecule has 164 valence electrons. The predicted octanol–water partition coefficient (Wildman–Crippen LogP) is 3.26. The fourth-order valence-electron chi connectivity index (χ4n) is 3.62. The molecule has 2 aromatic rings. The molecule has 1 aliphatic carbocycles. The van der Waals surface area contributed by atoms with Crippen LogP contribution in [0.3, 0.4) is 0 Å². The zero-order valence-electron chi connectivity index (χ0n) is 17.8. The Labute approximate surface area is 182 Å². The SMILES string of the molecule is COc1ccc(CNC(=O)CNC(=O)c2cccc(NC(=O)C3CCCCC3)c2)cc1. The molecular formula is C24H29N3O4. The third-order valence-corrected chi connectivity index (χ3v) is 5.43. The first-order valence-electron chi connectivity index (χ1n) is 10.6. The number of carbonyl (C=O) groups is 3. The molecule has 2 aromatic carbocycles. The van der Waals surface area contributed by atoms with Crippen LogP contribution in [0, 0.1) is 5.92 Å². The van der Waals surface area contributed by atoms with Crippen molar-refractivity contribution in [3.05, 3.63) is 59.7 Å². The van der Waals surface area contributed by atoms with Gasteiger partial charge in [0.15, 0.2) is 0 Å². The molecule has 1 saturated carbocycles. The summed E-state index contributed by atoms with van der Waals surface area (Å²) in [6, 6.07) is 14.1. The van der Waals surface area contributed by atoms with Crippen LogP contribution in [0.5, 0.6) is 5.75 Å². The molecule has 0 unspecified atom stereocenters. The summed E-state index contributed by atoms with van der Waals surface area (Å²) in [7, 11) is 1.60. The number of ether oxygens (including phenoxy) is 1. The van der Waals surface area contributed by atoms with Crippen LogP contribution in [-0.4, -0.2) is 31.4 Å². The van der Waals surface area contributed by atoms with Crippen LogP contribution >= 0.6 is 0 Å². The van der Waals surface area contributed by atoms with Crippen LogP contribution in [0.15, 0.2) is 48.5 Å². The highest BCUT2D eigenvalue weighted by Gasteiger charge is 2.21. The Kier molecular flexibility index (Phi) is 8.04. The number of methoxy groups -OCH3 is 1. The standard InChI is InChI=1S/C24H29N3O4/c1-31-21-12-10-17(11-13-21)15-25-22(28)16-26-23(29)19-8-5-9-20(14-19)27-24(30)18-6-3-2-4-7-18/h5,8-14,18H,2-4,6-7,15-16H2,1H3,(H,25,28)(H,26,29)(H,27,30). The van der Waals surface area contributed by atoms with Gasteiger partial charge in [0.05, 0.1) is 13.7 Å². The molecule has 0 atom stereocenters. The molecule has 0 spiro atoms. The second kappa shape index (κ2) is 11.2. The van der Waals surface area contributed by atoms with Gasteiger partial charge >= 0.3 is 0 Å². The fourth-order valence-corrected chi connectivity index (χ4v) is 3.62. The quantitative estimate of drug-likeness (QED) is 0.607. The lowest BCUT2D eigenvalue weighted by Gasteiger charge is -2.20. The molecule has 0 aliphatic heterocycles. The van der Waals surface area contributed by atoms with Crippen LogP contribution in [0.1, 0.15) is 48.0 Å². The number of hydrogen-bond donors (Lipinski definition) is 3. The summed E-state index contributed by atoms with van der Waals surface area (Å²) in [5.41, 5.74) is 1.92. The maximum absolute atomic E-state index is 12.4. The van der Waals surface area contributed by atoms with E-state index in [1.165, 1.54) is 6.42 Å². The molecular weight excluding hydrogens is 394 g/mol. The van der Waals surface area contributed by atoms with Crippen molar-refractivity contribution >= 4 is 23.4 Å². The van der Waals surface area contributed by atoms with Gasteiger partial charge in [-0.15, -0.1) is 0 Å². The van der Waals surface area contributed by atoms with Gasteiger partial charge in [0.25, 0.3) is 5.91 Å². The smallest absolute Gasteiger partial charge is 0.251 e. The van der Waals surface area contributed by atoms with E-state index in [9.17, 15) is 14.4 Å². The van der Waals surface area contributed by atoms with E-state index in [2.05, 4.69) is 16.0 Å². The van der Waals surface area contributed by atoms with Gasteiger partial charge in [-0.25, -0.2) is 0 Å². The molecule has 3 amide bonds. The van der Waals surface area contributed by atoms with Gasteiger partial charge in [0.2, 0.25) is 11.8 Å². The fraction of sp³-hybridized carbons (Fsp3) is 0.375. The minimum Gasteiger partial charge on any atom is -0.497 e. The second-order valence-electron chi connectivity index (χ2n) is 7.71. The van der Waals surface area contributed by atoms with Crippen LogP contribution < -0.4 is 20.7 Å². The molecule has 3 N–H and O–H groups in total. The van der Waals surface area contributed by atoms with Crippen molar-refractivity contribution in [3.8, 4) is 5.75 Å². The lowest BCUT2D eigenvalue weighted by molar-refractivity contribution is -0.121. The summed E-state index contributed by atoms with van der Waals surface area (Å²) < 4.78 is 5.10. The minimum atomic E-state index is -0.367. The number of anilines is 1. The minimum absolute atomic E-state index is 0.00941. The van der Waals surface area contributed by atoms with E-state index in [0.29, 0.717) is 17.8 Å². The Balaban J connectivity index is 1.45. The predicted molar refractivity (Wildman–Crippen MR) is 119 cm³/mol. The van der Waals surface area contributed by atoms with Crippen LogP contribution in [0.2, 0.25) is 0 Å². The highest BCUT2D eigenvalue weighted by Crippen LogP contribution is 2.25. The van der Waals surface area contributed by atoms with Gasteiger partial charge in [0.1, 0.15) is 5.75 Å². The van der Waals surface area contributed by atoms with E-state index in [0.717, 1.165) is 37.0 Å². The zero-order valence-corrected chi connectivity index (χ0v) is 17.8. The third-order valence-electron chi connectivity index (χ3n) is 5.43. The van der Waals surface area contributed by atoms with Crippen molar-refractivity contribution in [1.82, 2.24) is 10.6 Å². The molecule has 7 nitrogen and oxygen atoms in total. The Hall–Kier alpha value is -3.35. The highest BCUT2D eigenvalue weighted by molar-refractivity contribution is 5.99. The summed E-state index contributed by atoms with van der Waals surface area (Å²) >= 11 is 0. The van der Waals surface area contributed by atoms with E-state index in [1.807, 2.05) is 24.3 Å². The Morgan fingerprint density at radius 1 is 0.968 bits per heavy atom. The first-order valence-corrected chi connectivity index (χ1v) is 10.6. The van der Waals surface area contributed by atoms with Crippen molar-refractivity contribution in [1.29, 1.82) is 0 Å². The topological polar surface area (TPSA) is 96.5 Å². The first kappa shape index (κ1) is 22.3. The van der Waals surface area contributed by atoms with Crippen molar-refractivity contribution in [3.63, 3.8) is 0 Å². The lowest BCUT2D eigenvalue weighted by Crippen LogP contribution is -2.36. The second-order valence-corrected chi connectivity index (χ2v) is 7.71. The summed E-state index contributed by atoms with van der Waals surface area (Å²) in [4.78, 5) is 36.9. The van der Waals surface area contributed by atoms with E-state index in [4.69, 9.17) is 4.74 Å². The Morgan fingerprint density at radius 2 is 1.71 bits per heavy atom. The van der Waals surface area contributed by atoms with Crippen LogP contribution in [0.25, 0.3) is 0 Å². The number of carbonyl (C=O) groups excluding carboxylic acids is 3. The van der Waals surface area contributed by atoms with Crippen molar-refractivity contribution in [2.24, 2.45) is 5.92 Å². The van der Waals surface area contributed by atoms with Crippen molar-refractivity contribution in [2.75, 3.05) is 19.0 Å². The van der Waals surface area contributed by atoms with Crippen LogP contribution in [0.4, 0.5) is 5.69 Å². The lowest BCUT2D eigenvalue weighted by atomic mass is 9.88. The molecule has 1 fully saturated rings. The molecule has 1 aliphatic rings. The van der Waals surface area contributed by atoms with E-state index in [-0.39, 0.29) is 30.2 Å². The van der Waals surface area contributed by atoms with Gasteiger partial charge in [-0.2, -0.15) is 0 Å². The van der Waals surface area contributed by atoms with Gasteiger partial charge in [-0.1, -0.05) is 37.5 Å².